The minimum Gasteiger partial charge on any atom is -0.462 e. The van der Waals surface area contributed by atoms with Crippen molar-refractivity contribution in [3.05, 3.63) is 24.3 Å². The first-order chi connectivity index (χ1) is 21.5. The van der Waals surface area contributed by atoms with Crippen LogP contribution in [0.4, 0.5) is 0 Å². The van der Waals surface area contributed by atoms with E-state index in [4.69, 9.17) is 19.3 Å². The molecule has 0 saturated heterocycles. The molecule has 0 amide bonds. The van der Waals surface area contributed by atoms with Gasteiger partial charge in [-0.2, -0.15) is 0 Å². The van der Waals surface area contributed by atoms with E-state index in [2.05, 4.69) is 31.4 Å². The fraction of sp³-hybridized carbons (Fsp3) is 0.800. The van der Waals surface area contributed by atoms with Crippen molar-refractivity contribution in [1.82, 2.24) is 0 Å². The molecule has 0 aromatic heterocycles. The van der Waals surface area contributed by atoms with Crippen molar-refractivity contribution < 1.29 is 42.7 Å². The molecule has 0 rings (SSSR count). The smallest absolute Gasteiger partial charge is 0.462 e. The van der Waals surface area contributed by atoms with Gasteiger partial charge in [0.1, 0.15) is 6.61 Å². The third kappa shape index (κ3) is 33.4. The van der Waals surface area contributed by atoms with Crippen LogP contribution in [0.15, 0.2) is 24.3 Å². The minimum atomic E-state index is -4.76. The zero-order chi connectivity index (χ0) is 33.6. The van der Waals surface area contributed by atoms with Gasteiger partial charge in [0, 0.05) is 19.3 Å². The molecule has 0 bridgehead atoms. The van der Waals surface area contributed by atoms with Gasteiger partial charge in [0.15, 0.2) is 11.9 Å². The fourth-order valence-corrected chi connectivity index (χ4v) is 5.07. The van der Waals surface area contributed by atoms with Crippen molar-refractivity contribution in [3.8, 4) is 0 Å². The number of rotatable bonds is 31. The Morgan fingerprint density at radius 2 is 1.24 bits per heavy atom. The molecular formula is C35H63O9P. The molecular weight excluding hydrogens is 595 g/mol. The zero-order valence-electron chi connectivity index (χ0n) is 28.4. The molecule has 262 valence electrons. The van der Waals surface area contributed by atoms with E-state index in [0.717, 1.165) is 76.5 Å². The summed E-state index contributed by atoms with van der Waals surface area (Å²) in [6.45, 7) is 5.75. The molecule has 0 aromatic carbocycles. The Hall–Kier alpha value is -1.80. The fourth-order valence-electron chi connectivity index (χ4n) is 4.71. The predicted molar refractivity (Wildman–Crippen MR) is 180 cm³/mol. The molecule has 10 heteroatoms. The lowest BCUT2D eigenvalue weighted by Crippen LogP contribution is -2.29. The van der Waals surface area contributed by atoms with Gasteiger partial charge in [-0.05, 0) is 44.1 Å². The molecule has 0 aromatic rings. The maximum absolute atomic E-state index is 12.3. The third-order valence-electron chi connectivity index (χ3n) is 7.38. The molecule has 0 saturated carbocycles. The number of ketones is 1. The first kappa shape index (κ1) is 43.2. The number of phosphoric ester groups is 1. The molecule has 2 N–H and O–H groups in total. The van der Waals surface area contributed by atoms with Crippen molar-refractivity contribution in [3.63, 3.8) is 0 Å². The van der Waals surface area contributed by atoms with Crippen molar-refractivity contribution in [2.75, 3.05) is 13.2 Å². The van der Waals surface area contributed by atoms with Crippen LogP contribution in [0.5, 0.6) is 0 Å². The highest BCUT2D eigenvalue weighted by Crippen LogP contribution is 2.36. The van der Waals surface area contributed by atoms with Crippen LogP contribution in [-0.4, -0.2) is 46.8 Å². The Kier molecular flexibility index (Phi) is 28.4. The first-order valence-corrected chi connectivity index (χ1v) is 19.0. The molecule has 0 aliphatic heterocycles. The number of carbonyl (C=O) groups is 3. The van der Waals surface area contributed by atoms with Crippen molar-refractivity contribution in [1.29, 1.82) is 0 Å². The van der Waals surface area contributed by atoms with Gasteiger partial charge < -0.3 is 19.3 Å². The number of allylic oxidation sites excluding steroid dienone is 4. The highest BCUT2D eigenvalue weighted by Gasteiger charge is 2.22. The van der Waals surface area contributed by atoms with Gasteiger partial charge in [0.25, 0.3) is 0 Å². The average Bonchev–Trinajstić information content (AvgIpc) is 2.97. The van der Waals surface area contributed by atoms with E-state index in [9.17, 15) is 18.9 Å². The molecule has 45 heavy (non-hydrogen) atoms. The molecule has 0 heterocycles. The van der Waals surface area contributed by atoms with Crippen LogP contribution >= 0.6 is 7.82 Å². The van der Waals surface area contributed by atoms with Crippen LogP contribution in [0, 0.1) is 5.92 Å². The number of hydrogen-bond acceptors (Lipinski definition) is 7. The lowest BCUT2D eigenvalue weighted by molar-refractivity contribution is -0.161. The topological polar surface area (TPSA) is 136 Å². The Bertz CT molecular complexity index is 863. The van der Waals surface area contributed by atoms with Crippen LogP contribution < -0.4 is 0 Å². The van der Waals surface area contributed by atoms with Gasteiger partial charge in [-0.3, -0.25) is 18.9 Å². The third-order valence-corrected chi connectivity index (χ3v) is 7.86. The van der Waals surface area contributed by atoms with Crippen LogP contribution in [0.3, 0.4) is 0 Å². The summed E-state index contributed by atoms with van der Waals surface area (Å²) in [6, 6.07) is 0. The summed E-state index contributed by atoms with van der Waals surface area (Å²) in [7, 11) is -4.76. The van der Waals surface area contributed by atoms with E-state index in [1.165, 1.54) is 32.1 Å². The second kappa shape index (κ2) is 29.6. The van der Waals surface area contributed by atoms with Crippen molar-refractivity contribution >= 4 is 25.5 Å². The summed E-state index contributed by atoms with van der Waals surface area (Å²) in [6.07, 6.45) is 26.1. The van der Waals surface area contributed by atoms with Crippen LogP contribution in [-0.2, 0) is 32.9 Å². The molecule has 0 aliphatic carbocycles. The summed E-state index contributed by atoms with van der Waals surface area (Å²) in [5.74, 6) is -0.0110. The van der Waals surface area contributed by atoms with Gasteiger partial charge in [-0.1, -0.05) is 122 Å². The summed E-state index contributed by atoms with van der Waals surface area (Å²) in [5, 5.41) is 0. The Morgan fingerprint density at radius 3 is 1.84 bits per heavy atom. The summed E-state index contributed by atoms with van der Waals surface area (Å²) >= 11 is 0. The number of carbonyl (C=O) groups excluding carboxylic acids is 3. The lowest BCUT2D eigenvalue weighted by atomic mass is 10.0. The van der Waals surface area contributed by atoms with Crippen LogP contribution in [0.25, 0.3) is 0 Å². The van der Waals surface area contributed by atoms with Gasteiger partial charge in [-0.15, -0.1) is 0 Å². The number of unbranched alkanes of at least 4 members (excludes halogenated alkanes) is 14. The Balaban J connectivity index is 4.08. The summed E-state index contributed by atoms with van der Waals surface area (Å²) < 4.78 is 26.2. The second-order valence-corrected chi connectivity index (χ2v) is 13.6. The van der Waals surface area contributed by atoms with Crippen molar-refractivity contribution in [2.45, 2.75) is 162 Å². The van der Waals surface area contributed by atoms with E-state index in [1.54, 1.807) is 12.2 Å². The van der Waals surface area contributed by atoms with E-state index in [0.29, 0.717) is 19.3 Å². The maximum atomic E-state index is 12.3. The normalized spacial score (nSPS) is 12.8. The summed E-state index contributed by atoms with van der Waals surface area (Å²) in [5.41, 5.74) is 0. The monoisotopic (exact) mass is 658 g/mol. The molecule has 0 radical (unpaired) electrons. The Labute approximate surface area is 273 Å². The predicted octanol–water partition coefficient (Wildman–Crippen LogP) is 9.10. The average molecular weight is 659 g/mol. The number of esters is 2. The quantitative estimate of drug-likeness (QED) is 0.0246. The van der Waals surface area contributed by atoms with Crippen molar-refractivity contribution in [2.24, 2.45) is 5.92 Å². The molecule has 1 atom stereocenters. The molecule has 0 fully saturated rings. The second-order valence-electron chi connectivity index (χ2n) is 12.4. The number of phosphoric acid groups is 1. The largest absolute Gasteiger partial charge is 0.469 e. The SMILES string of the molecule is CCCCCC(=O)/C=C/C=C\CCCCCCCC(=O)O[C@H](COC(=O)CCCCCCCCCCC(C)C)COP(=O)(O)O. The number of ether oxygens (including phenoxy) is 2. The van der Waals surface area contributed by atoms with Crippen LogP contribution in [0.1, 0.15) is 156 Å². The van der Waals surface area contributed by atoms with E-state index < -0.39 is 32.5 Å². The first-order valence-electron chi connectivity index (χ1n) is 17.4. The highest BCUT2D eigenvalue weighted by molar-refractivity contribution is 7.46. The van der Waals surface area contributed by atoms with E-state index in [-0.39, 0.29) is 25.2 Å². The molecule has 0 spiro atoms. The van der Waals surface area contributed by atoms with E-state index in [1.807, 2.05) is 6.08 Å². The van der Waals surface area contributed by atoms with E-state index >= 15 is 0 Å². The Morgan fingerprint density at radius 1 is 0.689 bits per heavy atom. The molecule has 0 aliphatic rings. The highest BCUT2D eigenvalue weighted by atomic mass is 31.2. The number of hydrogen-bond donors (Lipinski definition) is 2. The van der Waals surface area contributed by atoms with Gasteiger partial charge in [0.05, 0.1) is 6.61 Å². The maximum Gasteiger partial charge on any atom is 0.469 e. The minimum absolute atomic E-state index is 0.162. The van der Waals surface area contributed by atoms with Gasteiger partial charge >= 0.3 is 19.8 Å². The molecule has 9 nitrogen and oxygen atoms in total. The van der Waals surface area contributed by atoms with Gasteiger partial charge in [-0.25, -0.2) is 4.57 Å². The van der Waals surface area contributed by atoms with Gasteiger partial charge in [0.2, 0.25) is 0 Å². The zero-order valence-corrected chi connectivity index (χ0v) is 29.3. The standard InChI is InChI=1S/C35H63O9P/c1-4-5-19-25-32(36)26-21-16-12-7-6-8-14-18-23-28-35(38)44-33(30-43-45(39,40)41)29-42-34(37)27-22-17-13-10-9-11-15-20-24-31(2)3/h12,16,21,26,31,33H,4-11,13-15,17-20,22-25,27-30H2,1-3H3,(H2,39,40,41)/b16-12-,26-21+/t33-/m1/s1. The molecule has 0 unspecified atom stereocenters. The lowest BCUT2D eigenvalue weighted by Gasteiger charge is -2.18. The summed E-state index contributed by atoms with van der Waals surface area (Å²) in [4.78, 5) is 54.2. The van der Waals surface area contributed by atoms with Crippen LogP contribution in [0.2, 0.25) is 0 Å².